The van der Waals surface area contributed by atoms with E-state index in [4.69, 9.17) is 4.74 Å². The van der Waals surface area contributed by atoms with Gasteiger partial charge in [-0.25, -0.2) is 0 Å². The molecular weight excluding hydrogens is 236 g/mol. The van der Waals surface area contributed by atoms with Gasteiger partial charge in [0.25, 0.3) is 0 Å². The molecule has 108 valence electrons. The maximum absolute atomic E-state index is 5.98. The highest BCUT2D eigenvalue weighted by Gasteiger charge is 2.09. The van der Waals surface area contributed by atoms with Gasteiger partial charge in [0, 0.05) is 18.3 Å². The Balaban J connectivity index is 2.50. The highest BCUT2D eigenvalue weighted by atomic mass is 16.5. The van der Waals surface area contributed by atoms with Gasteiger partial charge in [-0.3, -0.25) is 4.98 Å². The molecule has 0 bridgehead atoms. The van der Waals surface area contributed by atoms with Gasteiger partial charge in [-0.2, -0.15) is 0 Å². The number of pyridine rings is 1. The minimum Gasteiger partial charge on any atom is -0.491 e. The van der Waals surface area contributed by atoms with Gasteiger partial charge in [0.15, 0.2) is 0 Å². The summed E-state index contributed by atoms with van der Waals surface area (Å²) >= 11 is 0. The molecule has 0 radical (unpaired) electrons. The van der Waals surface area contributed by atoms with Crippen molar-refractivity contribution in [3.63, 3.8) is 0 Å². The van der Waals surface area contributed by atoms with Gasteiger partial charge in [-0.05, 0) is 24.9 Å². The van der Waals surface area contributed by atoms with E-state index < -0.39 is 0 Å². The lowest BCUT2D eigenvalue weighted by Gasteiger charge is -2.17. The van der Waals surface area contributed by atoms with Gasteiger partial charge in [0.2, 0.25) is 0 Å². The van der Waals surface area contributed by atoms with Crippen molar-refractivity contribution in [1.82, 2.24) is 10.3 Å². The Hall–Kier alpha value is -1.09. The van der Waals surface area contributed by atoms with Gasteiger partial charge in [0.1, 0.15) is 5.75 Å². The van der Waals surface area contributed by atoms with Crippen LogP contribution in [-0.2, 0) is 6.54 Å². The van der Waals surface area contributed by atoms with E-state index in [-0.39, 0.29) is 0 Å². The van der Waals surface area contributed by atoms with E-state index in [0.717, 1.165) is 25.4 Å². The lowest BCUT2D eigenvalue weighted by Crippen LogP contribution is -2.15. The first kappa shape index (κ1) is 16.0. The lowest BCUT2D eigenvalue weighted by atomic mass is 10.0. The van der Waals surface area contributed by atoms with Crippen LogP contribution in [0.2, 0.25) is 0 Å². The average molecular weight is 264 g/mol. The number of rotatable bonds is 10. The van der Waals surface area contributed by atoms with Crippen LogP contribution in [0.25, 0.3) is 0 Å². The maximum Gasteiger partial charge on any atom is 0.142 e. The van der Waals surface area contributed by atoms with E-state index in [1.54, 1.807) is 0 Å². The minimum absolute atomic E-state index is 0.659. The predicted molar refractivity (Wildman–Crippen MR) is 80.4 cm³/mol. The highest BCUT2D eigenvalue weighted by molar-refractivity contribution is 5.29. The first-order valence-electron chi connectivity index (χ1n) is 7.58. The van der Waals surface area contributed by atoms with Crippen LogP contribution in [0, 0.1) is 5.92 Å². The van der Waals surface area contributed by atoms with Crippen LogP contribution in [0.15, 0.2) is 18.5 Å². The van der Waals surface area contributed by atoms with Crippen molar-refractivity contribution in [1.29, 1.82) is 0 Å². The third-order valence-corrected chi connectivity index (χ3v) is 3.45. The summed E-state index contributed by atoms with van der Waals surface area (Å²) in [5.74, 6) is 1.59. The third-order valence-electron chi connectivity index (χ3n) is 3.45. The van der Waals surface area contributed by atoms with E-state index in [0.29, 0.717) is 5.92 Å². The Labute approximate surface area is 117 Å². The Kier molecular flexibility index (Phi) is 8.23. The second-order valence-electron chi connectivity index (χ2n) is 4.99. The number of nitrogens with zero attached hydrogens (tertiary/aromatic N) is 1. The molecule has 0 spiro atoms. The molecule has 0 aromatic carbocycles. The zero-order valence-corrected chi connectivity index (χ0v) is 12.6. The molecule has 1 aromatic heterocycles. The minimum atomic E-state index is 0.659. The monoisotopic (exact) mass is 264 g/mol. The number of ether oxygens (including phenoxy) is 1. The number of hydrogen-bond donors (Lipinski definition) is 1. The van der Waals surface area contributed by atoms with E-state index in [1.165, 1.54) is 31.2 Å². The fraction of sp³-hybridized carbons (Fsp3) is 0.688. The van der Waals surface area contributed by atoms with Crippen molar-refractivity contribution in [3.8, 4) is 5.75 Å². The Morgan fingerprint density at radius 1 is 1.32 bits per heavy atom. The largest absolute Gasteiger partial charge is 0.491 e. The normalized spacial score (nSPS) is 12.4. The molecule has 0 saturated carbocycles. The average Bonchev–Trinajstić information content (AvgIpc) is 2.46. The SMILES string of the molecule is CCCCC(CC)COc1cnccc1CNCC. The summed E-state index contributed by atoms with van der Waals surface area (Å²) in [6.45, 7) is 9.21. The molecule has 1 atom stereocenters. The molecule has 1 rings (SSSR count). The molecule has 1 heterocycles. The van der Waals surface area contributed by atoms with Crippen LogP contribution in [0.3, 0.4) is 0 Å². The zero-order valence-electron chi connectivity index (χ0n) is 12.6. The topological polar surface area (TPSA) is 34.1 Å². The van der Waals surface area contributed by atoms with Crippen molar-refractivity contribution in [2.24, 2.45) is 5.92 Å². The summed E-state index contributed by atoms with van der Waals surface area (Å²) in [6.07, 6.45) is 8.65. The molecule has 0 aliphatic carbocycles. The summed E-state index contributed by atoms with van der Waals surface area (Å²) in [5.41, 5.74) is 1.20. The summed E-state index contributed by atoms with van der Waals surface area (Å²) in [5, 5.41) is 3.33. The Morgan fingerprint density at radius 3 is 2.84 bits per heavy atom. The van der Waals surface area contributed by atoms with Crippen LogP contribution in [-0.4, -0.2) is 18.1 Å². The van der Waals surface area contributed by atoms with Gasteiger partial charge in [-0.1, -0.05) is 40.0 Å². The van der Waals surface area contributed by atoms with Crippen molar-refractivity contribution in [3.05, 3.63) is 24.0 Å². The molecule has 1 N–H and O–H groups in total. The molecule has 0 fully saturated rings. The van der Waals surface area contributed by atoms with Gasteiger partial charge < -0.3 is 10.1 Å². The lowest BCUT2D eigenvalue weighted by molar-refractivity contribution is 0.230. The van der Waals surface area contributed by atoms with Crippen LogP contribution < -0.4 is 10.1 Å². The van der Waals surface area contributed by atoms with E-state index >= 15 is 0 Å². The van der Waals surface area contributed by atoms with Crippen molar-refractivity contribution in [2.75, 3.05) is 13.2 Å². The zero-order chi connectivity index (χ0) is 13.9. The quantitative estimate of drug-likeness (QED) is 0.698. The predicted octanol–water partition coefficient (Wildman–Crippen LogP) is 3.79. The maximum atomic E-state index is 5.98. The van der Waals surface area contributed by atoms with Gasteiger partial charge in [-0.15, -0.1) is 0 Å². The van der Waals surface area contributed by atoms with Crippen LogP contribution in [0.5, 0.6) is 5.75 Å². The molecule has 0 saturated heterocycles. The molecule has 0 aliphatic heterocycles. The van der Waals surface area contributed by atoms with Crippen molar-refractivity contribution >= 4 is 0 Å². The first-order chi connectivity index (χ1) is 9.31. The first-order valence-corrected chi connectivity index (χ1v) is 7.58. The number of aromatic nitrogens is 1. The summed E-state index contributed by atoms with van der Waals surface area (Å²) in [7, 11) is 0. The Bertz CT molecular complexity index is 341. The van der Waals surface area contributed by atoms with Crippen LogP contribution in [0.1, 0.15) is 52.0 Å². The second kappa shape index (κ2) is 9.79. The smallest absolute Gasteiger partial charge is 0.142 e. The molecule has 19 heavy (non-hydrogen) atoms. The van der Waals surface area contributed by atoms with E-state index in [1.807, 2.05) is 18.5 Å². The second-order valence-corrected chi connectivity index (χ2v) is 4.99. The molecular formula is C16H28N2O. The summed E-state index contributed by atoms with van der Waals surface area (Å²) < 4.78 is 5.98. The van der Waals surface area contributed by atoms with Gasteiger partial charge >= 0.3 is 0 Å². The molecule has 1 unspecified atom stereocenters. The molecule has 0 amide bonds. The van der Waals surface area contributed by atoms with E-state index in [2.05, 4.69) is 31.1 Å². The molecule has 1 aromatic rings. The third kappa shape index (κ3) is 6.06. The number of hydrogen-bond acceptors (Lipinski definition) is 3. The Morgan fingerprint density at radius 2 is 2.16 bits per heavy atom. The van der Waals surface area contributed by atoms with Crippen molar-refractivity contribution in [2.45, 2.75) is 53.0 Å². The fourth-order valence-electron chi connectivity index (χ4n) is 2.05. The number of nitrogens with one attached hydrogen (secondary N) is 1. The standard InChI is InChI=1S/C16H28N2O/c1-4-7-8-14(5-2)13-19-16-12-18-10-9-15(16)11-17-6-3/h9-10,12,14,17H,4-8,11,13H2,1-3H3. The fourth-order valence-corrected chi connectivity index (χ4v) is 2.05. The molecule has 3 nitrogen and oxygen atoms in total. The molecule has 3 heteroatoms. The molecule has 0 aliphatic rings. The van der Waals surface area contributed by atoms with Gasteiger partial charge in [0.05, 0.1) is 12.8 Å². The summed E-state index contributed by atoms with van der Waals surface area (Å²) in [4.78, 5) is 4.17. The van der Waals surface area contributed by atoms with Crippen LogP contribution in [0.4, 0.5) is 0 Å². The summed E-state index contributed by atoms with van der Waals surface area (Å²) in [6, 6.07) is 2.03. The van der Waals surface area contributed by atoms with Crippen molar-refractivity contribution < 1.29 is 4.74 Å². The number of unbranched alkanes of at least 4 members (excludes halogenated alkanes) is 1. The van der Waals surface area contributed by atoms with Crippen LogP contribution >= 0.6 is 0 Å². The highest BCUT2D eigenvalue weighted by Crippen LogP contribution is 2.19. The van der Waals surface area contributed by atoms with E-state index in [9.17, 15) is 0 Å².